The highest BCUT2D eigenvalue weighted by molar-refractivity contribution is 6.30. The van der Waals surface area contributed by atoms with E-state index >= 15 is 0 Å². The van der Waals surface area contributed by atoms with E-state index in [2.05, 4.69) is 36.3 Å². The zero-order valence-electron chi connectivity index (χ0n) is 17.4. The van der Waals surface area contributed by atoms with Gasteiger partial charge < -0.3 is 14.5 Å². The van der Waals surface area contributed by atoms with E-state index in [9.17, 15) is 4.79 Å². The van der Waals surface area contributed by atoms with Gasteiger partial charge in [-0.1, -0.05) is 37.6 Å². The molecule has 5 nitrogen and oxygen atoms in total. The molecule has 0 aliphatic carbocycles. The maximum atomic E-state index is 12.3. The Morgan fingerprint density at radius 2 is 1.94 bits per heavy atom. The second kappa shape index (κ2) is 9.23. The first kappa shape index (κ1) is 20.9. The number of hydrogen-bond donors (Lipinski definition) is 1. The normalized spacial score (nSPS) is 12.0. The molecule has 0 spiro atoms. The van der Waals surface area contributed by atoms with Crippen LogP contribution in [0.4, 0.5) is 5.69 Å². The Bertz CT molecular complexity index is 1200. The van der Waals surface area contributed by atoms with Crippen molar-refractivity contribution in [2.24, 2.45) is 0 Å². The first-order chi connectivity index (χ1) is 15.0. The molecule has 3 aromatic carbocycles. The van der Waals surface area contributed by atoms with Gasteiger partial charge in [-0.25, -0.2) is 4.98 Å². The monoisotopic (exact) mass is 434 g/mol. The number of carbonyl (C=O) groups is 1. The number of oxazole rings is 1. The van der Waals surface area contributed by atoms with E-state index in [0.29, 0.717) is 28.3 Å². The van der Waals surface area contributed by atoms with E-state index in [1.807, 2.05) is 30.3 Å². The predicted octanol–water partition coefficient (Wildman–Crippen LogP) is 6.68. The number of aromatic nitrogens is 1. The van der Waals surface area contributed by atoms with E-state index in [1.54, 1.807) is 24.3 Å². The summed E-state index contributed by atoms with van der Waals surface area (Å²) in [5.41, 5.74) is 4.26. The number of halogens is 1. The van der Waals surface area contributed by atoms with Crippen molar-refractivity contribution in [1.82, 2.24) is 4.98 Å². The van der Waals surface area contributed by atoms with Gasteiger partial charge in [-0.2, -0.15) is 0 Å². The summed E-state index contributed by atoms with van der Waals surface area (Å²) in [6, 6.07) is 20.4. The molecule has 0 aliphatic rings. The first-order valence-electron chi connectivity index (χ1n) is 10.2. The fourth-order valence-electron chi connectivity index (χ4n) is 3.22. The Kier molecular flexibility index (Phi) is 6.23. The number of fused-ring (bicyclic) bond motifs is 1. The van der Waals surface area contributed by atoms with Crippen molar-refractivity contribution in [2.75, 3.05) is 11.9 Å². The molecule has 1 amide bonds. The first-order valence-corrected chi connectivity index (χ1v) is 10.6. The zero-order chi connectivity index (χ0) is 21.8. The molecule has 1 unspecified atom stereocenters. The molecular weight excluding hydrogens is 412 g/mol. The van der Waals surface area contributed by atoms with Gasteiger partial charge in [-0.05, 0) is 72.5 Å². The van der Waals surface area contributed by atoms with Crippen LogP contribution in [0, 0.1) is 0 Å². The maximum Gasteiger partial charge on any atom is 0.262 e. The number of hydrogen-bond acceptors (Lipinski definition) is 4. The lowest BCUT2D eigenvalue weighted by Crippen LogP contribution is -2.20. The molecule has 158 valence electrons. The number of nitrogens with one attached hydrogen (secondary N) is 1. The smallest absolute Gasteiger partial charge is 0.262 e. The molecule has 0 saturated carbocycles. The van der Waals surface area contributed by atoms with Crippen molar-refractivity contribution in [3.05, 3.63) is 77.3 Å². The molecular formula is C25H23ClN2O3. The molecule has 31 heavy (non-hydrogen) atoms. The van der Waals surface area contributed by atoms with Crippen LogP contribution in [0.15, 0.2) is 71.1 Å². The van der Waals surface area contributed by atoms with Crippen LogP contribution in [0.25, 0.3) is 22.6 Å². The molecule has 0 bridgehead atoms. The van der Waals surface area contributed by atoms with Crippen molar-refractivity contribution < 1.29 is 13.9 Å². The third-order valence-corrected chi connectivity index (χ3v) is 5.42. The van der Waals surface area contributed by atoms with Crippen LogP contribution in [0.1, 0.15) is 31.7 Å². The summed E-state index contributed by atoms with van der Waals surface area (Å²) in [7, 11) is 0. The maximum absolute atomic E-state index is 12.3. The molecule has 6 heteroatoms. The quantitative estimate of drug-likeness (QED) is 0.352. The van der Waals surface area contributed by atoms with Gasteiger partial charge in [0.2, 0.25) is 5.89 Å². The fourth-order valence-corrected chi connectivity index (χ4v) is 3.34. The standard InChI is InChI=1S/C25H23ClN2O3/c1-3-16(2)17-7-12-23-22(14-17)28-25(31-23)18-5-4-6-20(13-18)27-24(29)15-30-21-10-8-19(26)9-11-21/h4-14,16H,3,15H2,1-2H3,(H,27,29). The average molecular weight is 435 g/mol. The van der Waals surface area contributed by atoms with Crippen LogP contribution in [-0.2, 0) is 4.79 Å². The van der Waals surface area contributed by atoms with E-state index < -0.39 is 0 Å². The molecule has 0 fully saturated rings. The summed E-state index contributed by atoms with van der Waals surface area (Å²) in [6.07, 6.45) is 1.07. The lowest BCUT2D eigenvalue weighted by Gasteiger charge is -2.08. The van der Waals surface area contributed by atoms with Gasteiger partial charge >= 0.3 is 0 Å². The van der Waals surface area contributed by atoms with Crippen molar-refractivity contribution in [3.8, 4) is 17.2 Å². The van der Waals surface area contributed by atoms with Crippen LogP contribution >= 0.6 is 11.6 Å². The zero-order valence-corrected chi connectivity index (χ0v) is 18.1. The SMILES string of the molecule is CCC(C)c1ccc2oc(-c3cccc(NC(=O)COc4ccc(Cl)cc4)c3)nc2c1. The third-order valence-electron chi connectivity index (χ3n) is 5.17. The van der Waals surface area contributed by atoms with E-state index in [4.69, 9.17) is 20.8 Å². The molecule has 0 radical (unpaired) electrons. The second-order valence-electron chi connectivity index (χ2n) is 7.43. The molecule has 1 atom stereocenters. The Morgan fingerprint density at radius 3 is 2.71 bits per heavy atom. The Balaban J connectivity index is 1.46. The molecule has 0 saturated heterocycles. The number of benzene rings is 3. The minimum Gasteiger partial charge on any atom is -0.484 e. The summed E-state index contributed by atoms with van der Waals surface area (Å²) in [6.45, 7) is 4.27. The Labute approximate surface area is 186 Å². The van der Waals surface area contributed by atoms with Crippen LogP contribution < -0.4 is 10.1 Å². The van der Waals surface area contributed by atoms with E-state index in [0.717, 1.165) is 23.1 Å². The average Bonchev–Trinajstić information content (AvgIpc) is 3.22. The third kappa shape index (κ3) is 5.06. The molecule has 1 aromatic heterocycles. The minimum atomic E-state index is -0.261. The summed E-state index contributed by atoms with van der Waals surface area (Å²) < 4.78 is 11.4. The van der Waals surface area contributed by atoms with E-state index in [-0.39, 0.29) is 12.5 Å². The molecule has 4 aromatic rings. The highest BCUT2D eigenvalue weighted by Crippen LogP contribution is 2.29. The predicted molar refractivity (Wildman–Crippen MR) is 124 cm³/mol. The lowest BCUT2D eigenvalue weighted by molar-refractivity contribution is -0.118. The molecule has 1 N–H and O–H groups in total. The van der Waals surface area contributed by atoms with Gasteiger partial charge in [0, 0.05) is 16.3 Å². The van der Waals surface area contributed by atoms with Crippen molar-refractivity contribution in [3.63, 3.8) is 0 Å². The largest absolute Gasteiger partial charge is 0.484 e. The number of rotatable bonds is 7. The number of nitrogens with zero attached hydrogens (tertiary/aromatic N) is 1. The number of amides is 1. The van der Waals surface area contributed by atoms with Crippen LogP contribution in [0.2, 0.25) is 5.02 Å². The van der Waals surface area contributed by atoms with Crippen molar-refractivity contribution >= 4 is 34.3 Å². The minimum absolute atomic E-state index is 0.104. The highest BCUT2D eigenvalue weighted by atomic mass is 35.5. The fraction of sp³-hybridized carbons (Fsp3) is 0.200. The summed E-state index contributed by atoms with van der Waals surface area (Å²) in [4.78, 5) is 16.9. The summed E-state index contributed by atoms with van der Waals surface area (Å²) in [5, 5.41) is 3.45. The molecule has 1 heterocycles. The van der Waals surface area contributed by atoms with Gasteiger partial charge in [-0.3, -0.25) is 4.79 Å². The molecule has 0 aliphatic heterocycles. The summed E-state index contributed by atoms with van der Waals surface area (Å²) >= 11 is 5.85. The number of ether oxygens (including phenoxy) is 1. The van der Waals surface area contributed by atoms with Gasteiger partial charge in [-0.15, -0.1) is 0 Å². The van der Waals surface area contributed by atoms with E-state index in [1.165, 1.54) is 5.56 Å². The number of anilines is 1. The van der Waals surface area contributed by atoms with Gasteiger partial charge in [0.25, 0.3) is 5.91 Å². The van der Waals surface area contributed by atoms with Crippen molar-refractivity contribution in [1.29, 1.82) is 0 Å². The Hall–Kier alpha value is -3.31. The van der Waals surface area contributed by atoms with Gasteiger partial charge in [0.05, 0.1) is 0 Å². The highest BCUT2D eigenvalue weighted by Gasteiger charge is 2.12. The second-order valence-corrected chi connectivity index (χ2v) is 7.86. The van der Waals surface area contributed by atoms with Crippen LogP contribution in [-0.4, -0.2) is 17.5 Å². The Morgan fingerprint density at radius 1 is 1.13 bits per heavy atom. The van der Waals surface area contributed by atoms with Gasteiger partial charge in [0.15, 0.2) is 12.2 Å². The lowest BCUT2D eigenvalue weighted by atomic mass is 9.98. The van der Waals surface area contributed by atoms with Crippen molar-refractivity contribution in [2.45, 2.75) is 26.2 Å². The molecule has 4 rings (SSSR count). The summed E-state index contributed by atoms with van der Waals surface area (Å²) in [5.74, 6) is 1.31. The topological polar surface area (TPSA) is 64.4 Å². The van der Waals surface area contributed by atoms with Crippen LogP contribution in [0.5, 0.6) is 5.75 Å². The number of carbonyl (C=O) groups excluding carboxylic acids is 1. The van der Waals surface area contributed by atoms with Crippen LogP contribution in [0.3, 0.4) is 0 Å². The van der Waals surface area contributed by atoms with Gasteiger partial charge in [0.1, 0.15) is 11.3 Å².